The van der Waals surface area contributed by atoms with Gasteiger partial charge >= 0.3 is 0 Å². The molecule has 1 aliphatic rings. The van der Waals surface area contributed by atoms with Gasteiger partial charge in [-0.2, -0.15) is 0 Å². The zero-order valence-corrected chi connectivity index (χ0v) is 11.4. The number of benzene rings is 1. The van der Waals surface area contributed by atoms with E-state index in [0.29, 0.717) is 0 Å². The van der Waals surface area contributed by atoms with Gasteiger partial charge in [-0.05, 0) is 29.0 Å². The summed E-state index contributed by atoms with van der Waals surface area (Å²) >= 11 is 1.73. The third kappa shape index (κ3) is 2.69. The van der Waals surface area contributed by atoms with Crippen LogP contribution >= 0.6 is 11.3 Å². The minimum atomic E-state index is -0.116. The van der Waals surface area contributed by atoms with E-state index in [4.69, 9.17) is 0 Å². The predicted octanol–water partition coefficient (Wildman–Crippen LogP) is 2.05. The fourth-order valence-electron chi connectivity index (χ4n) is 2.40. The van der Waals surface area contributed by atoms with Crippen LogP contribution in [-0.2, 0) is 11.2 Å². The standard InChI is InChI=1S/C15H16N2OS/c18-15-13(16-7-8-17-15)10-11-4-1-2-5-12(11)14-6-3-9-19-14/h1-6,9,13,16H,7-8,10H2,(H,17,18)/t13-/m1/s1. The van der Waals surface area contributed by atoms with Gasteiger partial charge in [-0.3, -0.25) is 4.79 Å². The summed E-state index contributed by atoms with van der Waals surface area (Å²) in [5.41, 5.74) is 2.46. The molecule has 1 amide bonds. The minimum absolute atomic E-state index is 0.104. The van der Waals surface area contributed by atoms with Crippen LogP contribution in [-0.4, -0.2) is 25.0 Å². The molecule has 4 heteroatoms. The lowest BCUT2D eigenvalue weighted by Gasteiger charge is -2.24. The predicted molar refractivity (Wildman–Crippen MR) is 78.3 cm³/mol. The first-order chi connectivity index (χ1) is 9.34. The lowest BCUT2D eigenvalue weighted by molar-refractivity contribution is -0.124. The van der Waals surface area contributed by atoms with Crippen molar-refractivity contribution in [3.63, 3.8) is 0 Å². The molecule has 2 heterocycles. The maximum absolute atomic E-state index is 11.8. The molecular formula is C15H16N2OS. The Hall–Kier alpha value is -1.65. The number of thiophene rings is 1. The van der Waals surface area contributed by atoms with Gasteiger partial charge in [0.25, 0.3) is 0 Å². The van der Waals surface area contributed by atoms with Crippen LogP contribution < -0.4 is 10.6 Å². The molecule has 1 aromatic carbocycles. The first kappa shape index (κ1) is 12.4. The molecule has 1 aromatic heterocycles. The molecule has 1 saturated heterocycles. The molecule has 19 heavy (non-hydrogen) atoms. The number of hydrogen-bond donors (Lipinski definition) is 2. The summed E-state index contributed by atoms with van der Waals surface area (Å²) in [5, 5.41) is 8.27. The van der Waals surface area contributed by atoms with Gasteiger partial charge < -0.3 is 10.6 Å². The minimum Gasteiger partial charge on any atom is -0.353 e. The lowest BCUT2D eigenvalue weighted by atomic mass is 9.98. The normalized spacial score (nSPS) is 19.2. The van der Waals surface area contributed by atoms with E-state index in [-0.39, 0.29) is 11.9 Å². The van der Waals surface area contributed by atoms with Crippen molar-refractivity contribution in [2.75, 3.05) is 13.1 Å². The van der Waals surface area contributed by atoms with Crippen molar-refractivity contribution in [2.24, 2.45) is 0 Å². The van der Waals surface area contributed by atoms with Gasteiger partial charge in [-0.25, -0.2) is 0 Å². The topological polar surface area (TPSA) is 41.1 Å². The molecule has 1 atom stereocenters. The molecule has 1 aliphatic heterocycles. The Balaban J connectivity index is 1.86. The van der Waals surface area contributed by atoms with Gasteiger partial charge in [-0.15, -0.1) is 11.3 Å². The average molecular weight is 272 g/mol. The van der Waals surface area contributed by atoms with Crippen molar-refractivity contribution < 1.29 is 4.79 Å². The maximum Gasteiger partial charge on any atom is 0.237 e. The van der Waals surface area contributed by atoms with E-state index in [0.717, 1.165) is 19.5 Å². The molecular weight excluding hydrogens is 256 g/mol. The highest BCUT2D eigenvalue weighted by atomic mass is 32.1. The lowest BCUT2D eigenvalue weighted by Crippen LogP contribution is -2.53. The van der Waals surface area contributed by atoms with Gasteiger partial charge in [0.15, 0.2) is 0 Å². The van der Waals surface area contributed by atoms with Crippen molar-refractivity contribution in [1.29, 1.82) is 0 Å². The molecule has 2 aromatic rings. The van der Waals surface area contributed by atoms with Gasteiger partial charge in [0.1, 0.15) is 0 Å². The second kappa shape index (κ2) is 5.55. The van der Waals surface area contributed by atoms with Crippen LogP contribution in [0.15, 0.2) is 41.8 Å². The molecule has 3 nitrogen and oxygen atoms in total. The van der Waals surface area contributed by atoms with E-state index >= 15 is 0 Å². The Labute approximate surface area is 116 Å². The Bertz CT molecular complexity index is 565. The number of carbonyl (C=O) groups is 1. The van der Waals surface area contributed by atoms with Gasteiger partial charge in [0, 0.05) is 18.0 Å². The van der Waals surface area contributed by atoms with E-state index in [1.807, 2.05) is 12.1 Å². The molecule has 0 aliphatic carbocycles. The van der Waals surface area contributed by atoms with E-state index in [2.05, 4.69) is 40.3 Å². The maximum atomic E-state index is 11.8. The summed E-state index contributed by atoms with van der Waals surface area (Å²) in [7, 11) is 0. The Morgan fingerprint density at radius 1 is 1.16 bits per heavy atom. The van der Waals surface area contributed by atoms with E-state index in [1.54, 1.807) is 11.3 Å². The second-order valence-electron chi connectivity index (χ2n) is 4.64. The fraction of sp³-hybridized carbons (Fsp3) is 0.267. The number of nitrogens with one attached hydrogen (secondary N) is 2. The van der Waals surface area contributed by atoms with Crippen molar-refractivity contribution in [2.45, 2.75) is 12.5 Å². The molecule has 0 saturated carbocycles. The smallest absolute Gasteiger partial charge is 0.237 e. The van der Waals surface area contributed by atoms with Crippen molar-refractivity contribution >= 4 is 17.2 Å². The van der Waals surface area contributed by atoms with Crippen molar-refractivity contribution in [1.82, 2.24) is 10.6 Å². The van der Waals surface area contributed by atoms with Crippen LogP contribution in [0.2, 0.25) is 0 Å². The molecule has 0 radical (unpaired) electrons. The fourth-order valence-corrected chi connectivity index (χ4v) is 3.19. The van der Waals surface area contributed by atoms with Gasteiger partial charge in [-0.1, -0.05) is 30.3 Å². The van der Waals surface area contributed by atoms with Crippen LogP contribution in [0, 0.1) is 0 Å². The summed E-state index contributed by atoms with van der Waals surface area (Å²) in [5.74, 6) is 0.104. The molecule has 0 unspecified atom stereocenters. The number of carbonyl (C=O) groups excluding carboxylic acids is 1. The molecule has 2 N–H and O–H groups in total. The van der Waals surface area contributed by atoms with E-state index < -0.39 is 0 Å². The SMILES string of the molecule is O=C1NCCN[C@@H]1Cc1ccccc1-c1cccs1. The highest BCUT2D eigenvalue weighted by molar-refractivity contribution is 7.13. The first-order valence-corrected chi connectivity index (χ1v) is 7.35. The Morgan fingerprint density at radius 2 is 2.05 bits per heavy atom. The van der Waals surface area contributed by atoms with Crippen LogP contribution in [0.25, 0.3) is 10.4 Å². The Morgan fingerprint density at radius 3 is 2.84 bits per heavy atom. The summed E-state index contributed by atoms with van der Waals surface area (Å²) in [4.78, 5) is 13.1. The summed E-state index contributed by atoms with van der Waals surface area (Å²) in [6, 6.07) is 12.4. The molecule has 1 fully saturated rings. The number of piperazine rings is 1. The highest BCUT2D eigenvalue weighted by Gasteiger charge is 2.22. The zero-order chi connectivity index (χ0) is 13.1. The molecule has 3 rings (SSSR count). The highest BCUT2D eigenvalue weighted by Crippen LogP contribution is 2.28. The third-order valence-electron chi connectivity index (χ3n) is 3.36. The largest absolute Gasteiger partial charge is 0.353 e. The summed E-state index contributed by atoms with van der Waals surface area (Å²) < 4.78 is 0. The second-order valence-corrected chi connectivity index (χ2v) is 5.58. The zero-order valence-electron chi connectivity index (χ0n) is 10.6. The molecule has 0 bridgehead atoms. The van der Waals surface area contributed by atoms with Crippen LogP contribution in [0.4, 0.5) is 0 Å². The number of rotatable bonds is 3. The van der Waals surface area contributed by atoms with Crippen LogP contribution in [0.1, 0.15) is 5.56 Å². The average Bonchev–Trinajstić information content (AvgIpc) is 2.96. The molecule has 0 spiro atoms. The van der Waals surface area contributed by atoms with E-state index in [1.165, 1.54) is 16.0 Å². The van der Waals surface area contributed by atoms with Crippen molar-refractivity contribution in [3.8, 4) is 10.4 Å². The van der Waals surface area contributed by atoms with Crippen LogP contribution in [0.3, 0.4) is 0 Å². The first-order valence-electron chi connectivity index (χ1n) is 6.47. The van der Waals surface area contributed by atoms with Crippen LogP contribution in [0.5, 0.6) is 0 Å². The summed E-state index contributed by atoms with van der Waals surface area (Å²) in [6.07, 6.45) is 0.736. The monoisotopic (exact) mass is 272 g/mol. The molecule has 98 valence electrons. The summed E-state index contributed by atoms with van der Waals surface area (Å²) in [6.45, 7) is 1.57. The quantitative estimate of drug-likeness (QED) is 0.898. The number of hydrogen-bond acceptors (Lipinski definition) is 3. The Kier molecular flexibility index (Phi) is 3.62. The van der Waals surface area contributed by atoms with E-state index in [9.17, 15) is 4.79 Å². The number of amides is 1. The third-order valence-corrected chi connectivity index (χ3v) is 4.26. The van der Waals surface area contributed by atoms with Gasteiger partial charge in [0.05, 0.1) is 6.04 Å². The van der Waals surface area contributed by atoms with Crippen molar-refractivity contribution in [3.05, 3.63) is 47.3 Å². The van der Waals surface area contributed by atoms with Gasteiger partial charge in [0.2, 0.25) is 5.91 Å².